The van der Waals surface area contributed by atoms with Crippen LogP contribution in [0.25, 0.3) is 43.4 Å². The molecule has 4 nitrogen and oxygen atoms in total. The fourth-order valence-corrected chi connectivity index (χ4v) is 16.3. The minimum absolute atomic E-state index is 0.570. The Bertz CT molecular complexity index is 2410. The van der Waals surface area contributed by atoms with Gasteiger partial charge in [-0.05, 0) is 135 Å². The fraction of sp³-hybridized carbons (Fsp3) is 0.240. The third-order valence-electron chi connectivity index (χ3n) is 12.6. The monoisotopic (exact) mass is 764 g/mol. The lowest BCUT2D eigenvalue weighted by molar-refractivity contribution is 0.513. The van der Waals surface area contributed by atoms with Crippen molar-refractivity contribution in [3.8, 4) is 0 Å². The third-order valence-corrected chi connectivity index (χ3v) is 18.7. The highest BCUT2D eigenvalue weighted by Gasteiger charge is 2.35. The molecule has 8 aromatic rings. The zero-order valence-electron chi connectivity index (χ0n) is 31.7. The van der Waals surface area contributed by atoms with Gasteiger partial charge in [0.05, 0.1) is 11.0 Å². The first-order valence-electron chi connectivity index (χ1n) is 20.7. The third kappa shape index (κ3) is 6.23. The lowest BCUT2D eigenvalue weighted by Crippen LogP contribution is -2.30. The highest BCUT2D eigenvalue weighted by Crippen LogP contribution is 2.54. The van der Waals surface area contributed by atoms with Gasteiger partial charge in [0.1, 0.15) is 0 Å². The molecule has 0 spiro atoms. The SMILES string of the molecule is c1ccc2cc3c(cc2c1)Nc1cc2ccccc2cc1P(C1CCCCC1)c1cc2ncccc2cc1Nc1cc2cccnc2cc1P3C1CCCCC1. The van der Waals surface area contributed by atoms with Crippen molar-refractivity contribution in [3.05, 3.63) is 134 Å². The van der Waals surface area contributed by atoms with Crippen LogP contribution in [0.15, 0.2) is 134 Å². The van der Waals surface area contributed by atoms with Crippen LogP contribution in [0.5, 0.6) is 0 Å². The molecule has 56 heavy (non-hydrogen) atoms. The average Bonchev–Trinajstić information content (AvgIpc) is 3.25. The van der Waals surface area contributed by atoms with E-state index in [1.54, 1.807) is 0 Å². The Balaban J connectivity index is 1.27. The normalized spacial score (nSPS) is 19.2. The average molecular weight is 765 g/mol. The molecule has 2 aromatic heterocycles. The molecule has 0 bridgehead atoms. The van der Waals surface area contributed by atoms with E-state index in [4.69, 9.17) is 9.97 Å². The topological polar surface area (TPSA) is 49.8 Å². The highest BCUT2D eigenvalue weighted by atomic mass is 31.1. The van der Waals surface area contributed by atoms with Crippen LogP contribution < -0.4 is 31.9 Å². The second-order valence-electron chi connectivity index (χ2n) is 16.1. The number of anilines is 4. The van der Waals surface area contributed by atoms with Gasteiger partial charge >= 0.3 is 0 Å². The first kappa shape index (κ1) is 34.4. The molecule has 2 fully saturated rings. The second kappa shape index (κ2) is 14.6. The summed E-state index contributed by atoms with van der Waals surface area (Å²) in [6.45, 7) is 0. The number of hydrogen-bond donors (Lipinski definition) is 2. The summed E-state index contributed by atoms with van der Waals surface area (Å²) < 4.78 is 0. The molecule has 0 saturated heterocycles. The van der Waals surface area contributed by atoms with Crippen molar-refractivity contribution in [2.45, 2.75) is 75.5 Å². The molecule has 3 aliphatic rings. The maximum absolute atomic E-state index is 4.98. The number of nitrogens with zero attached hydrogens (tertiary/aromatic N) is 2. The van der Waals surface area contributed by atoms with E-state index in [1.165, 1.54) is 140 Å². The summed E-state index contributed by atoms with van der Waals surface area (Å²) in [6.07, 6.45) is 16.7. The molecule has 6 heteroatoms. The van der Waals surface area contributed by atoms with Gasteiger partial charge in [0.25, 0.3) is 0 Å². The van der Waals surface area contributed by atoms with Crippen LogP contribution in [0.4, 0.5) is 22.7 Å². The molecule has 2 N–H and O–H groups in total. The number of benzene rings is 6. The number of rotatable bonds is 2. The Kier molecular flexibility index (Phi) is 8.94. The molecule has 1 aliphatic heterocycles. The molecule has 3 heterocycles. The van der Waals surface area contributed by atoms with E-state index in [0.717, 1.165) is 11.0 Å². The number of pyridine rings is 2. The van der Waals surface area contributed by atoms with Gasteiger partial charge in [-0.25, -0.2) is 0 Å². The summed E-state index contributed by atoms with van der Waals surface area (Å²) in [6, 6.07) is 46.3. The summed E-state index contributed by atoms with van der Waals surface area (Å²) >= 11 is 0. The largest absolute Gasteiger partial charge is 0.354 e. The zero-order valence-corrected chi connectivity index (χ0v) is 33.5. The molecule has 2 aliphatic carbocycles. The van der Waals surface area contributed by atoms with E-state index >= 15 is 0 Å². The maximum Gasteiger partial charge on any atom is 0.0709 e. The Morgan fingerprint density at radius 1 is 0.375 bits per heavy atom. The van der Waals surface area contributed by atoms with Gasteiger partial charge in [0, 0.05) is 67.1 Å². The molecular formula is C50H46N4P2. The van der Waals surface area contributed by atoms with Crippen molar-refractivity contribution in [2.24, 2.45) is 0 Å². The molecule has 11 rings (SSSR count). The van der Waals surface area contributed by atoms with Crippen molar-refractivity contribution < 1.29 is 0 Å². The predicted molar refractivity (Wildman–Crippen MR) is 244 cm³/mol. The van der Waals surface area contributed by atoms with Crippen molar-refractivity contribution in [1.82, 2.24) is 9.97 Å². The fourth-order valence-electron chi connectivity index (χ4n) is 9.89. The van der Waals surface area contributed by atoms with Crippen LogP contribution in [0.2, 0.25) is 0 Å². The smallest absolute Gasteiger partial charge is 0.0709 e. The Hall–Kier alpha value is -4.88. The predicted octanol–water partition coefficient (Wildman–Crippen LogP) is 12.4. The molecule has 2 unspecified atom stereocenters. The maximum atomic E-state index is 4.98. The standard InChI is InChI=1S/C50H46N4P2/c1-3-19-39(20-4-1)55-47-29-35-15-9-7-13-33(35)25-43(47)53-44-26-34-14-8-10-16-36(34)30-48(44)56(40-21-5-2-6-22-40)50-32-42-38(18-12-24-52-42)28-46(50)54-45-27-37-17-11-23-51-41(37)31-49(45)55/h7-18,23-32,39-40,53-54H,1-6,19-22H2. The summed E-state index contributed by atoms with van der Waals surface area (Å²) in [5, 5.41) is 21.8. The summed E-state index contributed by atoms with van der Waals surface area (Å²) in [4.78, 5) is 9.97. The summed E-state index contributed by atoms with van der Waals surface area (Å²) in [5.74, 6) is 0. The zero-order chi connectivity index (χ0) is 37.0. The lowest BCUT2D eigenvalue weighted by Gasteiger charge is -2.37. The van der Waals surface area contributed by atoms with Crippen LogP contribution in [0.3, 0.4) is 0 Å². The van der Waals surface area contributed by atoms with Gasteiger partial charge in [-0.15, -0.1) is 0 Å². The van der Waals surface area contributed by atoms with Gasteiger partial charge < -0.3 is 10.6 Å². The second-order valence-corrected chi connectivity index (χ2v) is 21.0. The van der Waals surface area contributed by atoms with Crippen molar-refractivity contribution in [3.63, 3.8) is 0 Å². The molecule has 0 amide bonds. The van der Waals surface area contributed by atoms with E-state index < -0.39 is 15.8 Å². The van der Waals surface area contributed by atoms with Crippen LogP contribution in [0, 0.1) is 0 Å². The van der Waals surface area contributed by atoms with Gasteiger partial charge in [-0.2, -0.15) is 0 Å². The van der Waals surface area contributed by atoms with Crippen LogP contribution in [-0.4, -0.2) is 21.3 Å². The summed E-state index contributed by atoms with van der Waals surface area (Å²) in [7, 11) is -1.61. The van der Waals surface area contributed by atoms with E-state index in [1.807, 2.05) is 12.4 Å². The molecule has 0 radical (unpaired) electrons. The van der Waals surface area contributed by atoms with E-state index in [-0.39, 0.29) is 0 Å². The number of aromatic nitrogens is 2. The Morgan fingerprint density at radius 3 is 1.12 bits per heavy atom. The molecular weight excluding hydrogens is 719 g/mol. The van der Waals surface area contributed by atoms with Crippen LogP contribution >= 0.6 is 15.8 Å². The van der Waals surface area contributed by atoms with Gasteiger partial charge in [-0.3, -0.25) is 9.97 Å². The van der Waals surface area contributed by atoms with Gasteiger partial charge in [0.2, 0.25) is 0 Å². The molecule has 2 saturated carbocycles. The van der Waals surface area contributed by atoms with Gasteiger partial charge in [-0.1, -0.05) is 99.2 Å². The Labute approximate surface area is 331 Å². The van der Waals surface area contributed by atoms with Crippen molar-refractivity contribution in [2.75, 3.05) is 10.6 Å². The minimum atomic E-state index is -0.804. The quantitative estimate of drug-likeness (QED) is 0.172. The molecule has 6 aromatic carbocycles. The van der Waals surface area contributed by atoms with E-state index in [0.29, 0.717) is 11.3 Å². The summed E-state index contributed by atoms with van der Waals surface area (Å²) in [5.41, 5.74) is 8.24. The van der Waals surface area contributed by atoms with Crippen LogP contribution in [-0.2, 0) is 0 Å². The lowest BCUT2D eigenvalue weighted by atomic mass is 10.0. The molecule has 2 atom stereocenters. The molecule has 276 valence electrons. The first-order valence-corrected chi connectivity index (χ1v) is 23.5. The van der Waals surface area contributed by atoms with Crippen molar-refractivity contribution in [1.29, 1.82) is 0 Å². The van der Waals surface area contributed by atoms with E-state index in [2.05, 4.69) is 132 Å². The minimum Gasteiger partial charge on any atom is -0.354 e. The number of nitrogens with one attached hydrogen (secondary N) is 2. The number of fused-ring (bicyclic) bond motifs is 8. The van der Waals surface area contributed by atoms with Crippen molar-refractivity contribution >= 4 is 103 Å². The first-order chi connectivity index (χ1) is 27.7. The van der Waals surface area contributed by atoms with Gasteiger partial charge in [0.15, 0.2) is 0 Å². The van der Waals surface area contributed by atoms with E-state index in [9.17, 15) is 0 Å². The Morgan fingerprint density at radius 2 is 0.714 bits per heavy atom. The highest BCUT2D eigenvalue weighted by molar-refractivity contribution is 7.75. The number of hydrogen-bond acceptors (Lipinski definition) is 4. The van der Waals surface area contributed by atoms with Crippen LogP contribution in [0.1, 0.15) is 64.2 Å².